The lowest BCUT2D eigenvalue weighted by Crippen LogP contribution is -2.30. The lowest BCUT2D eigenvalue weighted by molar-refractivity contribution is -0.143. The van der Waals surface area contributed by atoms with Gasteiger partial charge in [0.15, 0.2) is 0 Å². The molecule has 0 bridgehead atoms. The average molecular weight is 419 g/mol. The van der Waals surface area contributed by atoms with E-state index >= 15 is 0 Å². The van der Waals surface area contributed by atoms with Crippen molar-refractivity contribution < 1.29 is 18.7 Å². The summed E-state index contributed by atoms with van der Waals surface area (Å²) in [7, 11) is 0. The van der Waals surface area contributed by atoms with Gasteiger partial charge in [0, 0.05) is 11.1 Å². The molecule has 1 amide bonds. The Balaban J connectivity index is 1.52. The zero-order valence-corrected chi connectivity index (χ0v) is 16.4. The standard InChI is InChI=1S/C20H16Cl2N2O4/c1-12-17(24-20(28-12)13-5-3-2-4-6-13)11-27-18(25)10-23-19(26)14-7-8-15(21)16(22)9-14/h2-9H,10-11H2,1H3,(H,23,26). The fourth-order valence-corrected chi connectivity index (χ4v) is 2.66. The number of carbonyl (C=O) groups excluding carboxylic acids is 2. The number of rotatable bonds is 6. The molecule has 1 heterocycles. The lowest BCUT2D eigenvalue weighted by Gasteiger charge is -2.06. The van der Waals surface area contributed by atoms with Gasteiger partial charge in [-0.3, -0.25) is 9.59 Å². The molecule has 0 radical (unpaired) electrons. The number of oxazole rings is 1. The molecule has 0 unspecified atom stereocenters. The first-order valence-electron chi connectivity index (χ1n) is 8.34. The Morgan fingerprint density at radius 1 is 1.11 bits per heavy atom. The highest BCUT2D eigenvalue weighted by Gasteiger charge is 2.14. The van der Waals surface area contributed by atoms with Crippen molar-refractivity contribution in [2.75, 3.05) is 6.54 Å². The maximum absolute atomic E-state index is 12.1. The van der Waals surface area contributed by atoms with Gasteiger partial charge in [-0.2, -0.15) is 0 Å². The number of benzene rings is 2. The molecule has 3 aromatic rings. The van der Waals surface area contributed by atoms with Crippen LogP contribution >= 0.6 is 23.2 Å². The van der Waals surface area contributed by atoms with E-state index in [9.17, 15) is 9.59 Å². The fourth-order valence-electron chi connectivity index (χ4n) is 2.36. The molecule has 0 saturated heterocycles. The second kappa shape index (κ2) is 8.91. The third-order valence-electron chi connectivity index (χ3n) is 3.86. The Bertz CT molecular complexity index is 1000. The molecule has 28 heavy (non-hydrogen) atoms. The van der Waals surface area contributed by atoms with Crippen LogP contribution in [-0.4, -0.2) is 23.4 Å². The van der Waals surface area contributed by atoms with Gasteiger partial charge >= 0.3 is 5.97 Å². The molecule has 1 N–H and O–H groups in total. The number of hydrogen-bond donors (Lipinski definition) is 1. The first-order valence-corrected chi connectivity index (χ1v) is 9.10. The van der Waals surface area contributed by atoms with Gasteiger partial charge in [-0.05, 0) is 37.3 Å². The molecular weight excluding hydrogens is 403 g/mol. The molecule has 0 aliphatic rings. The van der Waals surface area contributed by atoms with Gasteiger partial charge in [-0.15, -0.1) is 0 Å². The van der Waals surface area contributed by atoms with E-state index in [1.54, 1.807) is 6.92 Å². The van der Waals surface area contributed by atoms with Gasteiger partial charge in [-0.25, -0.2) is 4.98 Å². The quantitative estimate of drug-likeness (QED) is 0.598. The Morgan fingerprint density at radius 3 is 2.57 bits per heavy atom. The number of halogens is 2. The van der Waals surface area contributed by atoms with E-state index in [-0.39, 0.29) is 18.2 Å². The van der Waals surface area contributed by atoms with Gasteiger partial charge in [-0.1, -0.05) is 41.4 Å². The zero-order chi connectivity index (χ0) is 20.1. The van der Waals surface area contributed by atoms with Crippen LogP contribution in [0.3, 0.4) is 0 Å². The highest BCUT2D eigenvalue weighted by molar-refractivity contribution is 6.42. The molecule has 8 heteroatoms. The monoisotopic (exact) mass is 418 g/mol. The van der Waals surface area contributed by atoms with Crippen LogP contribution in [0.5, 0.6) is 0 Å². The molecule has 0 spiro atoms. The number of esters is 1. The van der Waals surface area contributed by atoms with Crippen molar-refractivity contribution in [3.05, 3.63) is 75.6 Å². The molecule has 0 fully saturated rings. The number of aromatic nitrogens is 1. The predicted octanol–water partition coefficient (Wildman–Crippen LogP) is 4.43. The number of nitrogens with zero attached hydrogens (tertiary/aromatic N) is 1. The lowest BCUT2D eigenvalue weighted by atomic mass is 10.2. The van der Waals surface area contributed by atoms with Gasteiger partial charge < -0.3 is 14.5 Å². The van der Waals surface area contributed by atoms with Crippen LogP contribution in [0.15, 0.2) is 52.9 Å². The van der Waals surface area contributed by atoms with Crippen molar-refractivity contribution in [3.63, 3.8) is 0 Å². The Morgan fingerprint density at radius 2 is 1.86 bits per heavy atom. The number of hydrogen-bond acceptors (Lipinski definition) is 5. The molecule has 0 saturated carbocycles. The number of nitrogens with one attached hydrogen (secondary N) is 1. The summed E-state index contributed by atoms with van der Waals surface area (Å²) < 4.78 is 10.8. The normalized spacial score (nSPS) is 10.5. The van der Waals surface area contributed by atoms with E-state index in [0.717, 1.165) is 5.56 Å². The fraction of sp³-hybridized carbons (Fsp3) is 0.150. The summed E-state index contributed by atoms with van der Waals surface area (Å²) in [6, 6.07) is 13.9. The second-order valence-electron chi connectivity index (χ2n) is 5.86. The molecule has 2 aromatic carbocycles. The summed E-state index contributed by atoms with van der Waals surface area (Å²) in [5, 5.41) is 3.07. The SMILES string of the molecule is Cc1oc(-c2ccccc2)nc1COC(=O)CNC(=O)c1ccc(Cl)c(Cl)c1. The Hall–Kier alpha value is -2.83. The largest absolute Gasteiger partial charge is 0.458 e. The van der Waals surface area contributed by atoms with E-state index < -0.39 is 11.9 Å². The first-order chi connectivity index (χ1) is 13.4. The summed E-state index contributed by atoms with van der Waals surface area (Å²) in [5.41, 5.74) is 1.64. The van der Waals surface area contributed by atoms with Gasteiger partial charge in [0.25, 0.3) is 5.91 Å². The minimum Gasteiger partial charge on any atom is -0.458 e. The molecule has 0 atom stereocenters. The molecule has 1 aromatic heterocycles. The molecule has 0 aliphatic carbocycles. The van der Waals surface area contributed by atoms with E-state index in [2.05, 4.69) is 10.3 Å². The maximum atomic E-state index is 12.1. The first kappa shape index (κ1) is 19.9. The van der Waals surface area contributed by atoms with Crippen molar-refractivity contribution in [3.8, 4) is 11.5 Å². The van der Waals surface area contributed by atoms with Crippen LogP contribution in [0.4, 0.5) is 0 Å². The summed E-state index contributed by atoms with van der Waals surface area (Å²) in [5.74, 6) is -0.0415. The Kier molecular flexibility index (Phi) is 6.34. The maximum Gasteiger partial charge on any atom is 0.325 e. The highest BCUT2D eigenvalue weighted by atomic mass is 35.5. The van der Waals surface area contributed by atoms with Crippen LogP contribution in [0, 0.1) is 6.92 Å². The second-order valence-corrected chi connectivity index (χ2v) is 6.67. The Labute approximate surface area is 171 Å². The molecule has 3 rings (SSSR count). The van der Waals surface area contributed by atoms with Crippen molar-refractivity contribution in [1.82, 2.24) is 10.3 Å². The average Bonchev–Trinajstić information content (AvgIpc) is 3.08. The number of ether oxygens (including phenoxy) is 1. The van der Waals surface area contributed by atoms with Crippen LogP contribution in [-0.2, 0) is 16.1 Å². The smallest absolute Gasteiger partial charge is 0.325 e. The number of amides is 1. The van der Waals surface area contributed by atoms with Gasteiger partial charge in [0.2, 0.25) is 5.89 Å². The molecule has 6 nitrogen and oxygen atoms in total. The third-order valence-corrected chi connectivity index (χ3v) is 4.60. The van der Waals surface area contributed by atoms with E-state index in [1.165, 1.54) is 18.2 Å². The summed E-state index contributed by atoms with van der Waals surface area (Å²) >= 11 is 11.7. The van der Waals surface area contributed by atoms with Crippen molar-refractivity contribution >= 4 is 35.1 Å². The van der Waals surface area contributed by atoms with E-state index in [0.29, 0.717) is 27.9 Å². The van der Waals surface area contributed by atoms with Crippen LogP contribution in [0.25, 0.3) is 11.5 Å². The van der Waals surface area contributed by atoms with Crippen molar-refractivity contribution in [2.24, 2.45) is 0 Å². The van der Waals surface area contributed by atoms with Gasteiger partial charge in [0.1, 0.15) is 24.6 Å². The van der Waals surface area contributed by atoms with Crippen LogP contribution in [0.2, 0.25) is 10.0 Å². The van der Waals surface area contributed by atoms with Crippen molar-refractivity contribution in [2.45, 2.75) is 13.5 Å². The molecular formula is C20H16Cl2N2O4. The zero-order valence-electron chi connectivity index (χ0n) is 14.9. The molecule has 144 valence electrons. The summed E-state index contributed by atoms with van der Waals surface area (Å²) in [6.45, 7) is 1.40. The number of carbonyl (C=O) groups is 2. The van der Waals surface area contributed by atoms with E-state index in [4.69, 9.17) is 32.4 Å². The third kappa shape index (κ3) is 4.91. The summed E-state index contributed by atoms with van der Waals surface area (Å²) in [6.07, 6.45) is 0. The van der Waals surface area contributed by atoms with Crippen LogP contribution in [0.1, 0.15) is 21.8 Å². The minimum atomic E-state index is -0.600. The van der Waals surface area contributed by atoms with E-state index in [1.807, 2.05) is 30.3 Å². The minimum absolute atomic E-state index is 0.0519. The number of aryl methyl sites for hydroxylation is 1. The van der Waals surface area contributed by atoms with Crippen LogP contribution < -0.4 is 5.32 Å². The summed E-state index contributed by atoms with van der Waals surface area (Å²) in [4.78, 5) is 28.3. The highest BCUT2D eigenvalue weighted by Crippen LogP contribution is 2.23. The van der Waals surface area contributed by atoms with Gasteiger partial charge in [0.05, 0.1) is 10.0 Å². The molecule has 0 aliphatic heterocycles. The van der Waals surface area contributed by atoms with Crippen molar-refractivity contribution in [1.29, 1.82) is 0 Å². The predicted molar refractivity (Wildman–Crippen MR) is 105 cm³/mol. The topological polar surface area (TPSA) is 81.4 Å².